The van der Waals surface area contributed by atoms with Crippen molar-refractivity contribution in [2.24, 2.45) is 0 Å². The monoisotopic (exact) mass is 413 g/mol. The maximum Gasteiger partial charge on any atom is 0.0367 e. The van der Waals surface area contributed by atoms with Crippen molar-refractivity contribution in [2.45, 2.75) is 37.8 Å². The van der Waals surface area contributed by atoms with Crippen molar-refractivity contribution < 1.29 is 0 Å². The minimum atomic E-state index is 0.810. The summed E-state index contributed by atoms with van der Waals surface area (Å²) in [5.41, 5.74) is 1.39. The number of halogens is 1. The summed E-state index contributed by atoms with van der Waals surface area (Å²) in [6.07, 6.45) is 5.50. The molecule has 0 N–H and O–H groups in total. The van der Waals surface area contributed by atoms with Crippen LogP contribution < -0.4 is 4.90 Å². The van der Waals surface area contributed by atoms with Crippen molar-refractivity contribution >= 4 is 28.3 Å². The minimum Gasteiger partial charge on any atom is -0.369 e. The van der Waals surface area contributed by atoms with Crippen LogP contribution in [-0.2, 0) is 0 Å². The van der Waals surface area contributed by atoms with E-state index < -0.39 is 0 Å². The maximum atomic E-state index is 2.75. The molecule has 1 saturated carbocycles. The molecule has 122 valence electrons. The van der Waals surface area contributed by atoms with Gasteiger partial charge in [0, 0.05) is 47.5 Å². The van der Waals surface area contributed by atoms with E-state index in [1.807, 2.05) is 0 Å². The summed E-state index contributed by atoms with van der Waals surface area (Å²) in [6, 6.07) is 10.6. The zero-order valence-electron chi connectivity index (χ0n) is 13.8. The maximum absolute atomic E-state index is 2.75. The lowest BCUT2D eigenvalue weighted by molar-refractivity contribution is 0.112. The third-order valence-electron chi connectivity index (χ3n) is 5.42. The van der Waals surface area contributed by atoms with Crippen molar-refractivity contribution in [3.8, 4) is 0 Å². The number of benzene rings is 1. The second kappa shape index (κ2) is 7.49. The second-order valence-corrected chi connectivity index (χ2v) is 8.17. The zero-order valence-corrected chi connectivity index (χ0v) is 16.0. The Labute approximate surface area is 148 Å². The number of nitrogens with zero attached hydrogens (tertiary/aromatic N) is 3. The van der Waals surface area contributed by atoms with Crippen molar-refractivity contribution in [2.75, 3.05) is 45.2 Å². The lowest BCUT2D eigenvalue weighted by Crippen LogP contribution is -2.52. The molecule has 22 heavy (non-hydrogen) atoms. The van der Waals surface area contributed by atoms with Gasteiger partial charge in [0.2, 0.25) is 0 Å². The largest absolute Gasteiger partial charge is 0.369 e. The van der Waals surface area contributed by atoms with Crippen LogP contribution in [0.2, 0.25) is 0 Å². The normalized spacial score (nSPS) is 27.4. The van der Waals surface area contributed by atoms with Crippen LogP contribution in [-0.4, -0.2) is 62.2 Å². The van der Waals surface area contributed by atoms with Gasteiger partial charge in [-0.15, -0.1) is 0 Å². The molecule has 3 rings (SSSR count). The molecule has 0 amide bonds. The van der Waals surface area contributed by atoms with Crippen LogP contribution in [0.4, 0.5) is 5.69 Å². The SMILES string of the molecule is CN(C)C1CCC(N2CCN(c3ccc(I)cc3)CC2)CC1. The molecule has 0 radical (unpaired) electrons. The molecule has 0 aromatic heterocycles. The Kier molecular flexibility index (Phi) is 5.63. The molecular formula is C18H28IN3. The van der Waals surface area contributed by atoms with Gasteiger partial charge in [0.15, 0.2) is 0 Å². The lowest BCUT2D eigenvalue weighted by atomic mass is 9.89. The fourth-order valence-electron chi connectivity index (χ4n) is 3.94. The molecule has 2 fully saturated rings. The predicted molar refractivity (Wildman–Crippen MR) is 103 cm³/mol. The highest BCUT2D eigenvalue weighted by Gasteiger charge is 2.28. The average molecular weight is 413 g/mol. The molecule has 1 aliphatic heterocycles. The Balaban J connectivity index is 1.49. The number of piperazine rings is 1. The molecule has 2 aliphatic rings. The quantitative estimate of drug-likeness (QED) is 0.705. The average Bonchev–Trinajstić information content (AvgIpc) is 2.56. The fourth-order valence-corrected chi connectivity index (χ4v) is 4.30. The summed E-state index contributed by atoms with van der Waals surface area (Å²) in [6.45, 7) is 4.80. The zero-order chi connectivity index (χ0) is 15.5. The predicted octanol–water partition coefficient (Wildman–Crippen LogP) is 3.29. The van der Waals surface area contributed by atoms with Crippen LogP contribution in [0.3, 0.4) is 0 Å². The molecule has 1 aliphatic carbocycles. The molecule has 1 heterocycles. The topological polar surface area (TPSA) is 9.72 Å². The Morgan fingerprint density at radius 2 is 1.50 bits per heavy atom. The number of hydrogen-bond donors (Lipinski definition) is 0. The first kappa shape index (κ1) is 16.5. The summed E-state index contributed by atoms with van der Waals surface area (Å²) >= 11 is 2.38. The minimum absolute atomic E-state index is 0.810. The van der Waals surface area contributed by atoms with Gasteiger partial charge in [0.05, 0.1) is 0 Å². The van der Waals surface area contributed by atoms with Crippen molar-refractivity contribution in [3.05, 3.63) is 27.8 Å². The standard InChI is InChI=1S/C18H28IN3/c1-20(2)16-7-9-18(10-8-16)22-13-11-21(12-14-22)17-5-3-15(19)4-6-17/h3-6,16,18H,7-14H2,1-2H3. The van der Waals surface area contributed by atoms with E-state index in [4.69, 9.17) is 0 Å². The number of hydrogen-bond acceptors (Lipinski definition) is 3. The van der Waals surface area contributed by atoms with E-state index >= 15 is 0 Å². The Morgan fingerprint density at radius 3 is 2.05 bits per heavy atom. The first-order valence-electron chi connectivity index (χ1n) is 8.54. The number of anilines is 1. The van der Waals surface area contributed by atoms with E-state index in [0.717, 1.165) is 12.1 Å². The highest BCUT2D eigenvalue weighted by molar-refractivity contribution is 14.1. The summed E-state index contributed by atoms with van der Waals surface area (Å²) in [5.74, 6) is 0. The molecule has 0 atom stereocenters. The van der Waals surface area contributed by atoms with Crippen LogP contribution in [0, 0.1) is 3.57 Å². The molecule has 1 saturated heterocycles. The van der Waals surface area contributed by atoms with Gasteiger partial charge in [-0.3, -0.25) is 4.90 Å². The highest BCUT2D eigenvalue weighted by Crippen LogP contribution is 2.27. The Morgan fingerprint density at radius 1 is 0.909 bits per heavy atom. The van der Waals surface area contributed by atoms with Gasteiger partial charge in [0.25, 0.3) is 0 Å². The Bertz CT molecular complexity index is 458. The van der Waals surface area contributed by atoms with Gasteiger partial charge in [-0.05, 0) is 86.6 Å². The van der Waals surface area contributed by atoms with Gasteiger partial charge >= 0.3 is 0 Å². The van der Waals surface area contributed by atoms with E-state index in [0.29, 0.717) is 0 Å². The van der Waals surface area contributed by atoms with E-state index in [-0.39, 0.29) is 0 Å². The van der Waals surface area contributed by atoms with Gasteiger partial charge in [-0.2, -0.15) is 0 Å². The summed E-state index contributed by atoms with van der Waals surface area (Å²) in [7, 11) is 4.45. The first-order valence-corrected chi connectivity index (χ1v) is 9.62. The van der Waals surface area contributed by atoms with Crippen LogP contribution in [0.15, 0.2) is 24.3 Å². The second-order valence-electron chi connectivity index (χ2n) is 6.93. The molecule has 0 spiro atoms. The summed E-state index contributed by atoms with van der Waals surface area (Å²) < 4.78 is 1.32. The van der Waals surface area contributed by atoms with Crippen molar-refractivity contribution in [1.29, 1.82) is 0 Å². The lowest BCUT2D eigenvalue weighted by Gasteiger charge is -2.43. The third-order valence-corrected chi connectivity index (χ3v) is 6.14. The molecule has 0 unspecified atom stereocenters. The summed E-state index contributed by atoms with van der Waals surface area (Å²) in [4.78, 5) is 7.69. The molecule has 1 aromatic rings. The first-order chi connectivity index (χ1) is 10.6. The van der Waals surface area contributed by atoms with Crippen molar-refractivity contribution in [3.63, 3.8) is 0 Å². The fraction of sp³-hybridized carbons (Fsp3) is 0.667. The van der Waals surface area contributed by atoms with Crippen LogP contribution in [0.25, 0.3) is 0 Å². The molecule has 1 aromatic carbocycles. The smallest absolute Gasteiger partial charge is 0.0367 e. The molecular weight excluding hydrogens is 385 g/mol. The Hall–Kier alpha value is -0.330. The summed E-state index contributed by atoms with van der Waals surface area (Å²) in [5, 5.41) is 0. The number of rotatable bonds is 3. The van der Waals surface area contributed by atoms with Crippen molar-refractivity contribution in [1.82, 2.24) is 9.80 Å². The van der Waals surface area contributed by atoms with Crippen LogP contribution in [0.5, 0.6) is 0 Å². The van der Waals surface area contributed by atoms with Crippen LogP contribution >= 0.6 is 22.6 Å². The van der Waals surface area contributed by atoms with E-state index in [1.54, 1.807) is 0 Å². The van der Waals surface area contributed by atoms with Gasteiger partial charge in [-0.1, -0.05) is 0 Å². The highest BCUT2D eigenvalue weighted by atomic mass is 127. The third kappa shape index (κ3) is 3.95. The van der Waals surface area contributed by atoms with Crippen LogP contribution in [0.1, 0.15) is 25.7 Å². The van der Waals surface area contributed by atoms with Gasteiger partial charge < -0.3 is 9.80 Å². The molecule has 0 bridgehead atoms. The van der Waals surface area contributed by atoms with Gasteiger partial charge in [-0.25, -0.2) is 0 Å². The van der Waals surface area contributed by atoms with E-state index in [2.05, 4.69) is 75.7 Å². The van der Waals surface area contributed by atoms with E-state index in [1.165, 1.54) is 61.1 Å². The van der Waals surface area contributed by atoms with Gasteiger partial charge in [0.1, 0.15) is 0 Å². The molecule has 3 nitrogen and oxygen atoms in total. The molecule has 4 heteroatoms. The van der Waals surface area contributed by atoms with E-state index in [9.17, 15) is 0 Å².